The Kier molecular flexibility index (Phi) is 3.57. The minimum absolute atomic E-state index is 0.150. The van der Waals surface area contributed by atoms with Gasteiger partial charge in [0.2, 0.25) is 0 Å². The van der Waals surface area contributed by atoms with Gasteiger partial charge in [0.15, 0.2) is 11.5 Å². The summed E-state index contributed by atoms with van der Waals surface area (Å²) in [5, 5.41) is 19.7. The van der Waals surface area contributed by atoms with E-state index in [2.05, 4.69) is 19.9 Å². The Labute approximate surface area is 130 Å². The first kappa shape index (κ1) is 14.5. The molecule has 0 spiro atoms. The van der Waals surface area contributed by atoms with Crippen LogP contribution in [0.4, 0.5) is 0 Å². The zero-order valence-electron chi connectivity index (χ0n) is 13.0. The Bertz CT molecular complexity index is 729. The lowest BCUT2D eigenvalue weighted by molar-refractivity contribution is 0.372. The number of methoxy groups -OCH3 is 1. The SMILES string of the molecule is COc1cc2c(cc1O)[C@H](c1ccc(O)cc1)[C@@H](C)C(C)=C2. The van der Waals surface area contributed by atoms with E-state index in [0.717, 1.165) is 16.7 Å². The van der Waals surface area contributed by atoms with Gasteiger partial charge in [-0.1, -0.05) is 30.7 Å². The summed E-state index contributed by atoms with van der Waals surface area (Å²) in [6, 6.07) is 11.0. The van der Waals surface area contributed by atoms with E-state index in [1.165, 1.54) is 5.57 Å². The van der Waals surface area contributed by atoms with E-state index < -0.39 is 0 Å². The lowest BCUT2D eigenvalue weighted by Gasteiger charge is -2.32. The predicted molar refractivity (Wildman–Crippen MR) is 87.4 cm³/mol. The fourth-order valence-corrected chi connectivity index (χ4v) is 3.22. The quantitative estimate of drug-likeness (QED) is 0.869. The van der Waals surface area contributed by atoms with Crippen molar-refractivity contribution in [3.05, 3.63) is 58.7 Å². The highest BCUT2D eigenvalue weighted by atomic mass is 16.5. The molecule has 1 aliphatic rings. The van der Waals surface area contributed by atoms with Crippen molar-refractivity contribution in [3.8, 4) is 17.2 Å². The molecule has 0 saturated carbocycles. The summed E-state index contributed by atoms with van der Waals surface area (Å²) in [7, 11) is 1.56. The molecule has 2 aromatic carbocycles. The van der Waals surface area contributed by atoms with Crippen LogP contribution in [0.1, 0.15) is 36.5 Å². The minimum atomic E-state index is 0.150. The van der Waals surface area contributed by atoms with Gasteiger partial charge < -0.3 is 14.9 Å². The molecule has 3 nitrogen and oxygen atoms in total. The third-order valence-electron chi connectivity index (χ3n) is 4.57. The normalized spacial score (nSPS) is 20.2. The van der Waals surface area contributed by atoms with Gasteiger partial charge in [0, 0.05) is 5.92 Å². The van der Waals surface area contributed by atoms with E-state index in [1.54, 1.807) is 25.3 Å². The van der Waals surface area contributed by atoms with Crippen LogP contribution in [0.3, 0.4) is 0 Å². The molecule has 0 unspecified atom stereocenters. The summed E-state index contributed by atoms with van der Waals surface area (Å²) in [5.74, 6) is 1.38. The molecule has 0 bridgehead atoms. The maximum Gasteiger partial charge on any atom is 0.161 e. The molecule has 22 heavy (non-hydrogen) atoms. The summed E-state index contributed by atoms with van der Waals surface area (Å²) < 4.78 is 5.22. The Morgan fingerprint density at radius 3 is 2.36 bits per heavy atom. The number of hydrogen-bond donors (Lipinski definition) is 2. The van der Waals surface area contributed by atoms with Crippen molar-refractivity contribution >= 4 is 6.08 Å². The third-order valence-corrected chi connectivity index (χ3v) is 4.57. The highest BCUT2D eigenvalue weighted by Crippen LogP contribution is 2.45. The molecular formula is C19H20O3. The predicted octanol–water partition coefficient (Wildman–Crippen LogP) is 4.29. The fourth-order valence-electron chi connectivity index (χ4n) is 3.22. The molecule has 3 rings (SSSR count). The van der Waals surface area contributed by atoms with E-state index in [4.69, 9.17) is 4.74 Å². The molecule has 0 amide bonds. The van der Waals surface area contributed by atoms with Crippen LogP contribution in [0, 0.1) is 5.92 Å². The fraction of sp³-hybridized carbons (Fsp3) is 0.263. The first-order valence-electron chi connectivity index (χ1n) is 7.39. The molecule has 0 saturated heterocycles. The van der Waals surface area contributed by atoms with Crippen molar-refractivity contribution < 1.29 is 14.9 Å². The second kappa shape index (κ2) is 5.41. The molecule has 0 heterocycles. The van der Waals surface area contributed by atoms with Gasteiger partial charge >= 0.3 is 0 Å². The molecule has 2 aromatic rings. The van der Waals surface area contributed by atoms with Crippen LogP contribution in [-0.2, 0) is 0 Å². The number of fused-ring (bicyclic) bond motifs is 1. The Morgan fingerprint density at radius 1 is 1.05 bits per heavy atom. The number of phenolic OH excluding ortho intramolecular Hbond substituents is 2. The third kappa shape index (κ3) is 2.33. The molecule has 1 aliphatic carbocycles. The minimum Gasteiger partial charge on any atom is -0.508 e. The van der Waals surface area contributed by atoms with Crippen LogP contribution < -0.4 is 4.74 Å². The van der Waals surface area contributed by atoms with Crippen molar-refractivity contribution in [3.63, 3.8) is 0 Å². The summed E-state index contributed by atoms with van der Waals surface area (Å²) in [4.78, 5) is 0. The molecular weight excluding hydrogens is 276 g/mol. The Morgan fingerprint density at radius 2 is 1.73 bits per heavy atom. The number of aromatic hydroxyl groups is 2. The largest absolute Gasteiger partial charge is 0.508 e. The zero-order chi connectivity index (χ0) is 15.9. The van der Waals surface area contributed by atoms with Gasteiger partial charge in [-0.15, -0.1) is 0 Å². The van der Waals surface area contributed by atoms with E-state index >= 15 is 0 Å². The highest BCUT2D eigenvalue weighted by molar-refractivity contribution is 5.67. The van der Waals surface area contributed by atoms with Crippen molar-refractivity contribution in [1.82, 2.24) is 0 Å². The lowest BCUT2D eigenvalue weighted by atomic mass is 9.73. The van der Waals surface area contributed by atoms with Crippen molar-refractivity contribution in [2.24, 2.45) is 5.92 Å². The van der Waals surface area contributed by atoms with Gasteiger partial charge in [-0.05, 0) is 53.8 Å². The number of benzene rings is 2. The van der Waals surface area contributed by atoms with Crippen LogP contribution in [0.5, 0.6) is 17.2 Å². The maximum absolute atomic E-state index is 10.1. The lowest BCUT2D eigenvalue weighted by Crippen LogP contribution is -2.17. The molecule has 0 fully saturated rings. The van der Waals surface area contributed by atoms with Gasteiger partial charge in [0.05, 0.1) is 7.11 Å². The molecule has 2 atom stereocenters. The van der Waals surface area contributed by atoms with Crippen LogP contribution in [0.15, 0.2) is 42.0 Å². The van der Waals surface area contributed by atoms with E-state index in [9.17, 15) is 10.2 Å². The number of phenols is 2. The number of hydrogen-bond acceptors (Lipinski definition) is 3. The average Bonchev–Trinajstić information content (AvgIpc) is 2.50. The standard InChI is InChI=1S/C19H20O3/c1-11-8-14-9-18(22-3)17(21)10-16(14)19(12(11)2)13-4-6-15(20)7-5-13/h4-10,12,19-21H,1-3H3/t12-,19-/m0/s1. The molecule has 114 valence electrons. The topological polar surface area (TPSA) is 49.7 Å². The molecule has 0 aromatic heterocycles. The van der Waals surface area contributed by atoms with Gasteiger partial charge in [-0.2, -0.15) is 0 Å². The summed E-state index contributed by atoms with van der Waals surface area (Å²) in [6.07, 6.45) is 2.15. The number of allylic oxidation sites excluding steroid dienone is 1. The Balaban J connectivity index is 2.18. The van der Waals surface area contributed by atoms with Gasteiger partial charge in [-0.25, -0.2) is 0 Å². The monoisotopic (exact) mass is 296 g/mol. The van der Waals surface area contributed by atoms with E-state index in [0.29, 0.717) is 11.7 Å². The smallest absolute Gasteiger partial charge is 0.161 e. The van der Waals surface area contributed by atoms with E-state index in [1.807, 2.05) is 18.2 Å². The average molecular weight is 296 g/mol. The molecule has 3 heteroatoms. The second-order valence-corrected chi connectivity index (χ2v) is 5.90. The van der Waals surface area contributed by atoms with Gasteiger partial charge in [0.25, 0.3) is 0 Å². The maximum atomic E-state index is 10.1. The van der Waals surface area contributed by atoms with Crippen molar-refractivity contribution in [2.75, 3.05) is 7.11 Å². The number of rotatable bonds is 2. The van der Waals surface area contributed by atoms with Crippen molar-refractivity contribution in [2.45, 2.75) is 19.8 Å². The summed E-state index contributed by atoms with van der Waals surface area (Å²) >= 11 is 0. The summed E-state index contributed by atoms with van der Waals surface area (Å²) in [6.45, 7) is 4.31. The first-order chi connectivity index (χ1) is 10.5. The van der Waals surface area contributed by atoms with Gasteiger partial charge in [0.1, 0.15) is 5.75 Å². The van der Waals surface area contributed by atoms with Crippen LogP contribution >= 0.6 is 0 Å². The van der Waals surface area contributed by atoms with E-state index in [-0.39, 0.29) is 17.4 Å². The highest BCUT2D eigenvalue weighted by Gasteiger charge is 2.29. The second-order valence-electron chi connectivity index (χ2n) is 5.90. The molecule has 2 N–H and O–H groups in total. The zero-order valence-corrected chi connectivity index (χ0v) is 13.0. The molecule has 0 aliphatic heterocycles. The van der Waals surface area contributed by atoms with Crippen LogP contribution in [0.2, 0.25) is 0 Å². The van der Waals surface area contributed by atoms with Crippen molar-refractivity contribution in [1.29, 1.82) is 0 Å². The van der Waals surface area contributed by atoms with Crippen LogP contribution in [-0.4, -0.2) is 17.3 Å². The van der Waals surface area contributed by atoms with Crippen LogP contribution in [0.25, 0.3) is 6.08 Å². The van der Waals surface area contributed by atoms with Gasteiger partial charge in [-0.3, -0.25) is 0 Å². The first-order valence-corrected chi connectivity index (χ1v) is 7.39. The summed E-state index contributed by atoms with van der Waals surface area (Å²) in [5.41, 5.74) is 4.58. The Hall–Kier alpha value is -2.42. The number of ether oxygens (including phenoxy) is 1. The molecule has 0 radical (unpaired) electrons.